The first kappa shape index (κ1) is 26.3. The highest BCUT2D eigenvalue weighted by molar-refractivity contribution is 5.85. The van der Waals surface area contributed by atoms with E-state index in [4.69, 9.17) is 13.9 Å². The van der Waals surface area contributed by atoms with E-state index in [1.807, 2.05) is 62.4 Å². The molecule has 0 fully saturated rings. The lowest BCUT2D eigenvalue weighted by Gasteiger charge is -2.30. The minimum absolute atomic E-state index is 0.193. The fourth-order valence-electron chi connectivity index (χ4n) is 4.84. The number of aromatic nitrogens is 5. The van der Waals surface area contributed by atoms with Crippen molar-refractivity contribution in [2.45, 2.75) is 39.5 Å². The minimum atomic E-state index is -0.586. The van der Waals surface area contributed by atoms with Crippen LogP contribution in [0.2, 0.25) is 0 Å². The molecule has 5 aromatic rings. The van der Waals surface area contributed by atoms with E-state index >= 15 is 0 Å². The molecule has 10 heteroatoms. The molecule has 2 aromatic carbocycles. The number of hydrogen-bond donors (Lipinski definition) is 1. The number of pyridine rings is 1. The Bertz CT molecular complexity index is 1590. The molecule has 3 aromatic heterocycles. The highest BCUT2D eigenvalue weighted by Crippen LogP contribution is 2.31. The molecule has 0 unspecified atom stereocenters. The summed E-state index contributed by atoms with van der Waals surface area (Å²) in [5.74, 6) is 2.07. The molecule has 0 aliphatic heterocycles. The number of fused-ring (bicyclic) bond motifs is 1. The summed E-state index contributed by atoms with van der Waals surface area (Å²) in [5, 5.41) is 13.6. The largest absolute Gasteiger partial charge is 0.497 e. The number of benzene rings is 2. The van der Waals surface area contributed by atoms with Crippen LogP contribution < -0.4 is 10.3 Å². The van der Waals surface area contributed by atoms with Crippen LogP contribution in [0.5, 0.6) is 5.75 Å². The maximum atomic E-state index is 13.8. The molecule has 202 valence electrons. The molecule has 1 atom stereocenters. The van der Waals surface area contributed by atoms with Crippen molar-refractivity contribution < 1.29 is 13.9 Å². The Labute approximate surface area is 226 Å². The fourth-order valence-corrected chi connectivity index (χ4v) is 4.84. The van der Waals surface area contributed by atoms with E-state index in [2.05, 4.69) is 31.5 Å². The number of hydrogen-bond acceptors (Lipinski definition) is 8. The SMILES string of the molecule is COCCn1nnnc1[C@H](c1cc2c(C)ccc(C)c2[nH]c1=O)N(Cc1ccc(OC)cc1)Cc1ccco1. The minimum Gasteiger partial charge on any atom is -0.497 e. The smallest absolute Gasteiger partial charge is 0.253 e. The third kappa shape index (κ3) is 5.62. The van der Waals surface area contributed by atoms with Crippen LogP contribution in [0.3, 0.4) is 0 Å². The number of H-pyrrole nitrogens is 1. The first-order valence-electron chi connectivity index (χ1n) is 12.8. The number of aryl methyl sites for hydroxylation is 2. The summed E-state index contributed by atoms with van der Waals surface area (Å²) in [6.45, 7) is 5.82. The van der Waals surface area contributed by atoms with Gasteiger partial charge in [0.1, 0.15) is 17.6 Å². The van der Waals surface area contributed by atoms with Crippen LogP contribution in [0.1, 0.15) is 39.9 Å². The summed E-state index contributed by atoms with van der Waals surface area (Å²) in [6, 6.07) is 17.1. The van der Waals surface area contributed by atoms with Gasteiger partial charge < -0.3 is 18.9 Å². The average molecular weight is 529 g/mol. The Morgan fingerprint density at radius 2 is 1.85 bits per heavy atom. The van der Waals surface area contributed by atoms with Gasteiger partial charge in [-0.05, 0) is 71.3 Å². The van der Waals surface area contributed by atoms with E-state index < -0.39 is 6.04 Å². The zero-order valence-corrected chi connectivity index (χ0v) is 22.5. The lowest BCUT2D eigenvalue weighted by molar-refractivity contribution is 0.163. The number of aromatic amines is 1. The Hall–Kier alpha value is -4.28. The molecule has 0 aliphatic carbocycles. The lowest BCUT2D eigenvalue weighted by Crippen LogP contribution is -2.35. The second-order valence-electron chi connectivity index (χ2n) is 9.53. The number of nitrogens with zero attached hydrogens (tertiary/aromatic N) is 5. The van der Waals surface area contributed by atoms with E-state index in [1.165, 1.54) is 0 Å². The third-order valence-corrected chi connectivity index (χ3v) is 6.93. The molecule has 0 saturated carbocycles. The Morgan fingerprint density at radius 1 is 1.05 bits per heavy atom. The van der Waals surface area contributed by atoms with E-state index in [1.54, 1.807) is 25.2 Å². The zero-order valence-electron chi connectivity index (χ0n) is 22.5. The summed E-state index contributed by atoms with van der Waals surface area (Å²) in [4.78, 5) is 19.1. The van der Waals surface area contributed by atoms with Crippen LogP contribution in [0.4, 0.5) is 0 Å². The quantitative estimate of drug-likeness (QED) is 0.272. The van der Waals surface area contributed by atoms with Gasteiger partial charge >= 0.3 is 0 Å². The Morgan fingerprint density at radius 3 is 2.56 bits per heavy atom. The van der Waals surface area contributed by atoms with Crippen molar-refractivity contribution in [3.63, 3.8) is 0 Å². The molecule has 10 nitrogen and oxygen atoms in total. The molecular weight excluding hydrogens is 496 g/mol. The molecule has 0 radical (unpaired) electrons. The topological polar surface area (TPSA) is 111 Å². The van der Waals surface area contributed by atoms with Gasteiger partial charge in [0.15, 0.2) is 5.82 Å². The molecule has 0 aliphatic rings. The van der Waals surface area contributed by atoms with Gasteiger partial charge in [-0.3, -0.25) is 9.69 Å². The molecule has 1 N–H and O–H groups in total. The number of nitrogens with one attached hydrogen (secondary N) is 1. The van der Waals surface area contributed by atoms with Crippen molar-refractivity contribution in [2.24, 2.45) is 0 Å². The molecule has 3 heterocycles. The zero-order chi connectivity index (χ0) is 27.4. The molecule has 5 rings (SSSR count). The monoisotopic (exact) mass is 528 g/mol. The second kappa shape index (κ2) is 11.6. The molecule has 0 saturated heterocycles. The van der Waals surface area contributed by atoms with Gasteiger partial charge in [0.05, 0.1) is 38.6 Å². The van der Waals surface area contributed by atoms with Crippen LogP contribution in [-0.4, -0.2) is 50.9 Å². The summed E-state index contributed by atoms with van der Waals surface area (Å²) in [7, 11) is 3.28. The van der Waals surface area contributed by atoms with E-state index in [9.17, 15) is 4.79 Å². The lowest BCUT2D eigenvalue weighted by atomic mass is 9.99. The predicted molar refractivity (Wildman–Crippen MR) is 147 cm³/mol. The third-order valence-electron chi connectivity index (χ3n) is 6.93. The summed E-state index contributed by atoms with van der Waals surface area (Å²) in [5.41, 5.74) is 4.29. The van der Waals surface area contributed by atoms with Crippen molar-refractivity contribution in [3.05, 3.63) is 105 Å². The summed E-state index contributed by atoms with van der Waals surface area (Å²) >= 11 is 0. The van der Waals surface area contributed by atoms with Gasteiger partial charge in [0.2, 0.25) is 0 Å². The van der Waals surface area contributed by atoms with Crippen molar-refractivity contribution >= 4 is 10.9 Å². The van der Waals surface area contributed by atoms with Crippen LogP contribution in [-0.2, 0) is 24.4 Å². The maximum absolute atomic E-state index is 13.8. The molecular formula is C29H32N6O4. The maximum Gasteiger partial charge on any atom is 0.253 e. The number of methoxy groups -OCH3 is 2. The van der Waals surface area contributed by atoms with E-state index in [-0.39, 0.29) is 5.56 Å². The molecule has 0 spiro atoms. The van der Waals surface area contributed by atoms with Crippen molar-refractivity contribution in [1.29, 1.82) is 0 Å². The van der Waals surface area contributed by atoms with Crippen LogP contribution in [0.25, 0.3) is 10.9 Å². The number of rotatable bonds is 11. The van der Waals surface area contributed by atoms with Crippen molar-refractivity contribution in [3.8, 4) is 5.75 Å². The van der Waals surface area contributed by atoms with Gasteiger partial charge in [-0.15, -0.1) is 5.10 Å². The number of ether oxygens (including phenoxy) is 2. The highest BCUT2D eigenvalue weighted by atomic mass is 16.5. The van der Waals surface area contributed by atoms with Crippen LogP contribution in [0.15, 0.2) is 70.1 Å². The van der Waals surface area contributed by atoms with Crippen molar-refractivity contribution in [2.75, 3.05) is 20.8 Å². The van der Waals surface area contributed by atoms with E-state index in [0.717, 1.165) is 39.1 Å². The van der Waals surface area contributed by atoms with Gasteiger partial charge in [0, 0.05) is 24.6 Å². The van der Waals surface area contributed by atoms with Gasteiger partial charge in [-0.1, -0.05) is 24.3 Å². The second-order valence-corrected chi connectivity index (χ2v) is 9.53. The Balaban J connectivity index is 1.69. The first-order chi connectivity index (χ1) is 19.0. The van der Waals surface area contributed by atoms with Gasteiger partial charge in [0.25, 0.3) is 5.56 Å². The van der Waals surface area contributed by atoms with Crippen molar-refractivity contribution in [1.82, 2.24) is 30.1 Å². The fraction of sp³-hybridized carbons (Fsp3) is 0.310. The predicted octanol–water partition coefficient (Wildman–Crippen LogP) is 4.17. The number of furan rings is 1. The van der Waals surface area contributed by atoms with Gasteiger partial charge in [-0.25, -0.2) is 4.68 Å². The molecule has 0 amide bonds. The molecule has 39 heavy (non-hydrogen) atoms. The molecule has 0 bridgehead atoms. The highest BCUT2D eigenvalue weighted by Gasteiger charge is 2.31. The van der Waals surface area contributed by atoms with Gasteiger partial charge in [-0.2, -0.15) is 0 Å². The summed E-state index contributed by atoms with van der Waals surface area (Å²) in [6.07, 6.45) is 1.65. The summed E-state index contributed by atoms with van der Waals surface area (Å²) < 4.78 is 18.1. The number of tetrazole rings is 1. The van der Waals surface area contributed by atoms with E-state index in [0.29, 0.717) is 37.6 Å². The first-order valence-corrected chi connectivity index (χ1v) is 12.8. The Kier molecular flexibility index (Phi) is 7.85. The average Bonchev–Trinajstić information content (AvgIpc) is 3.63. The van der Waals surface area contributed by atoms with Crippen LogP contribution >= 0.6 is 0 Å². The normalized spacial score (nSPS) is 12.3. The van der Waals surface area contributed by atoms with Crippen LogP contribution in [0, 0.1) is 13.8 Å². The standard InChI is InChI=1S/C29H32N6O4/c1-19-7-8-20(2)26-24(19)16-25(29(36)30-26)27(28-31-32-33-35(28)13-15-37-3)34(18-23-6-5-14-39-23)17-21-9-11-22(38-4)12-10-21/h5-12,14,16,27H,13,15,17-18H2,1-4H3,(H,30,36)/t27-/m0/s1.